The highest BCUT2D eigenvalue weighted by Gasteiger charge is 2.50. The second-order valence-corrected chi connectivity index (χ2v) is 7.17. The number of benzene rings is 2. The van der Waals surface area contributed by atoms with Gasteiger partial charge < -0.3 is 14.2 Å². The van der Waals surface area contributed by atoms with E-state index < -0.39 is 5.79 Å². The molecule has 0 spiro atoms. The SMILES string of the molecule is COc1ccc(C2C=C(c3ccccc3)O[C@]3(OC)CCCC[C@@H]23)cc1. The first-order chi connectivity index (χ1) is 12.8. The monoisotopic (exact) mass is 350 g/mol. The first kappa shape index (κ1) is 17.2. The highest BCUT2D eigenvalue weighted by Crippen LogP contribution is 2.51. The molecule has 4 rings (SSSR count). The van der Waals surface area contributed by atoms with E-state index in [1.54, 1.807) is 14.2 Å². The lowest BCUT2D eigenvalue weighted by Gasteiger charge is -2.49. The lowest BCUT2D eigenvalue weighted by atomic mass is 9.71. The summed E-state index contributed by atoms with van der Waals surface area (Å²) in [5.41, 5.74) is 2.39. The normalized spacial score (nSPS) is 27.8. The maximum absolute atomic E-state index is 6.52. The molecule has 3 heteroatoms. The molecule has 1 aliphatic heterocycles. The van der Waals surface area contributed by atoms with E-state index in [4.69, 9.17) is 14.2 Å². The third-order valence-corrected chi connectivity index (χ3v) is 5.81. The topological polar surface area (TPSA) is 27.7 Å². The Morgan fingerprint density at radius 3 is 2.42 bits per heavy atom. The van der Waals surface area contributed by atoms with Gasteiger partial charge in [-0.2, -0.15) is 0 Å². The molecule has 3 nitrogen and oxygen atoms in total. The number of ether oxygens (including phenoxy) is 3. The maximum atomic E-state index is 6.52. The Kier molecular flexibility index (Phi) is 4.73. The van der Waals surface area contributed by atoms with E-state index >= 15 is 0 Å². The Morgan fingerprint density at radius 1 is 0.962 bits per heavy atom. The summed E-state index contributed by atoms with van der Waals surface area (Å²) in [4.78, 5) is 0. The van der Waals surface area contributed by atoms with Gasteiger partial charge in [-0.3, -0.25) is 0 Å². The zero-order valence-electron chi connectivity index (χ0n) is 15.5. The quantitative estimate of drug-likeness (QED) is 0.740. The van der Waals surface area contributed by atoms with Crippen LogP contribution in [0.5, 0.6) is 5.75 Å². The largest absolute Gasteiger partial charge is 0.497 e. The van der Waals surface area contributed by atoms with Crippen molar-refractivity contribution in [1.29, 1.82) is 0 Å². The van der Waals surface area contributed by atoms with Crippen LogP contribution < -0.4 is 4.74 Å². The van der Waals surface area contributed by atoms with Gasteiger partial charge in [0.05, 0.1) is 7.11 Å². The summed E-state index contributed by atoms with van der Waals surface area (Å²) in [5, 5.41) is 0. The molecule has 0 radical (unpaired) electrons. The summed E-state index contributed by atoms with van der Waals surface area (Å²) < 4.78 is 17.9. The average Bonchev–Trinajstić information content (AvgIpc) is 2.73. The van der Waals surface area contributed by atoms with E-state index in [-0.39, 0.29) is 5.92 Å². The van der Waals surface area contributed by atoms with Gasteiger partial charge in [-0.25, -0.2) is 0 Å². The summed E-state index contributed by atoms with van der Waals surface area (Å²) in [6.07, 6.45) is 6.69. The van der Waals surface area contributed by atoms with E-state index in [1.165, 1.54) is 12.0 Å². The fraction of sp³-hybridized carbons (Fsp3) is 0.391. The van der Waals surface area contributed by atoms with Crippen molar-refractivity contribution in [2.75, 3.05) is 14.2 Å². The predicted molar refractivity (Wildman–Crippen MR) is 103 cm³/mol. The summed E-state index contributed by atoms with van der Waals surface area (Å²) in [7, 11) is 3.49. The van der Waals surface area contributed by atoms with E-state index in [2.05, 4.69) is 30.3 Å². The van der Waals surface area contributed by atoms with Gasteiger partial charge in [0.25, 0.3) is 0 Å². The first-order valence-electron chi connectivity index (χ1n) is 9.41. The van der Waals surface area contributed by atoms with Crippen LogP contribution in [-0.2, 0) is 9.47 Å². The number of allylic oxidation sites excluding steroid dienone is 1. The van der Waals surface area contributed by atoms with E-state index in [0.717, 1.165) is 36.3 Å². The van der Waals surface area contributed by atoms with Gasteiger partial charge in [-0.1, -0.05) is 48.9 Å². The number of rotatable bonds is 4. The molecule has 0 bridgehead atoms. The van der Waals surface area contributed by atoms with Crippen molar-refractivity contribution < 1.29 is 14.2 Å². The number of hydrogen-bond acceptors (Lipinski definition) is 3. The highest BCUT2D eigenvalue weighted by molar-refractivity contribution is 5.62. The van der Waals surface area contributed by atoms with Crippen LogP contribution in [0.2, 0.25) is 0 Å². The van der Waals surface area contributed by atoms with Crippen molar-refractivity contribution in [2.24, 2.45) is 5.92 Å². The van der Waals surface area contributed by atoms with Gasteiger partial charge in [0.1, 0.15) is 11.5 Å². The summed E-state index contributed by atoms with van der Waals surface area (Å²) in [5.74, 6) is 1.86. The molecule has 136 valence electrons. The van der Waals surface area contributed by atoms with E-state index in [0.29, 0.717) is 5.92 Å². The van der Waals surface area contributed by atoms with Crippen LogP contribution in [0.3, 0.4) is 0 Å². The van der Waals surface area contributed by atoms with Gasteiger partial charge in [0.2, 0.25) is 5.79 Å². The van der Waals surface area contributed by atoms with Gasteiger partial charge in [-0.15, -0.1) is 0 Å². The Balaban J connectivity index is 1.79. The van der Waals surface area contributed by atoms with Crippen molar-refractivity contribution in [3.63, 3.8) is 0 Å². The number of fused-ring (bicyclic) bond motifs is 1. The molecule has 1 saturated carbocycles. The smallest absolute Gasteiger partial charge is 0.214 e. The predicted octanol–water partition coefficient (Wildman–Crippen LogP) is 5.38. The first-order valence-corrected chi connectivity index (χ1v) is 9.41. The minimum absolute atomic E-state index is 0.269. The molecule has 2 aliphatic rings. The van der Waals surface area contributed by atoms with Crippen molar-refractivity contribution in [3.05, 3.63) is 71.8 Å². The molecular formula is C23H26O3. The van der Waals surface area contributed by atoms with Crippen LogP contribution in [0.1, 0.15) is 42.7 Å². The van der Waals surface area contributed by atoms with E-state index in [1.807, 2.05) is 30.3 Å². The van der Waals surface area contributed by atoms with Crippen LogP contribution in [0.15, 0.2) is 60.7 Å². The number of hydrogen-bond donors (Lipinski definition) is 0. The fourth-order valence-electron chi connectivity index (χ4n) is 4.43. The fourth-order valence-corrected chi connectivity index (χ4v) is 4.43. The zero-order chi connectivity index (χ0) is 18.0. The third-order valence-electron chi connectivity index (χ3n) is 5.81. The molecule has 26 heavy (non-hydrogen) atoms. The van der Waals surface area contributed by atoms with E-state index in [9.17, 15) is 0 Å². The molecule has 1 unspecified atom stereocenters. The second kappa shape index (κ2) is 7.16. The van der Waals surface area contributed by atoms with Crippen molar-refractivity contribution in [3.8, 4) is 5.75 Å². The van der Waals surface area contributed by atoms with Crippen LogP contribution >= 0.6 is 0 Å². The summed E-state index contributed by atoms with van der Waals surface area (Å²) in [6.45, 7) is 0. The minimum Gasteiger partial charge on any atom is -0.497 e. The van der Waals surface area contributed by atoms with Crippen molar-refractivity contribution >= 4 is 5.76 Å². The van der Waals surface area contributed by atoms with Crippen LogP contribution in [0.4, 0.5) is 0 Å². The molecule has 0 N–H and O–H groups in total. The molecule has 0 aromatic heterocycles. The Bertz CT molecular complexity index is 766. The molecule has 2 aromatic carbocycles. The molecule has 0 amide bonds. The maximum Gasteiger partial charge on any atom is 0.214 e. The Hall–Kier alpha value is -2.26. The average molecular weight is 350 g/mol. The van der Waals surface area contributed by atoms with Gasteiger partial charge in [0.15, 0.2) is 0 Å². The zero-order valence-corrected chi connectivity index (χ0v) is 15.5. The molecular weight excluding hydrogens is 324 g/mol. The van der Waals surface area contributed by atoms with Gasteiger partial charge in [-0.05, 0) is 36.6 Å². The second-order valence-electron chi connectivity index (χ2n) is 7.17. The van der Waals surface area contributed by atoms with Crippen molar-refractivity contribution in [1.82, 2.24) is 0 Å². The molecule has 1 aliphatic carbocycles. The van der Waals surface area contributed by atoms with Gasteiger partial charge in [0, 0.05) is 30.9 Å². The molecule has 1 fully saturated rings. The Morgan fingerprint density at radius 2 is 1.73 bits per heavy atom. The Labute approximate surface area is 155 Å². The van der Waals surface area contributed by atoms with Crippen LogP contribution in [-0.4, -0.2) is 20.0 Å². The molecule has 1 heterocycles. The number of methoxy groups -OCH3 is 2. The summed E-state index contributed by atoms with van der Waals surface area (Å²) >= 11 is 0. The third kappa shape index (κ3) is 3.01. The van der Waals surface area contributed by atoms with Gasteiger partial charge >= 0.3 is 0 Å². The standard InChI is InChI=1S/C23H26O3/c1-24-19-13-11-17(12-14-19)20-16-22(18-8-4-3-5-9-18)26-23(25-2)15-7-6-10-21(20)23/h3-5,8-9,11-14,16,20-21H,6-7,10,15H2,1-2H3/t20?,21-,23+/m0/s1. The van der Waals surface area contributed by atoms with Crippen LogP contribution in [0, 0.1) is 5.92 Å². The summed E-state index contributed by atoms with van der Waals surface area (Å²) in [6, 6.07) is 18.8. The van der Waals surface area contributed by atoms with Crippen molar-refractivity contribution in [2.45, 2.75) is 37.4 Å². The highest BCUT2D eigenvalue weighted by atomic mass is 16.7. The molecule has 3 atom stereocenters. The van der Waals surface area contributed by atoms with Crippen LogP contribution in [0.25, 0.3) is 5.76 Å². The lowest BCUT2D eigenvalue weighted by molar-refractivity contribution is -0.240. The molecule has 2 aromatic rings. The lowest BCUT2D eigenvalue weighted by Crippen LogP contribution is -2.49. The minimum atomic E-state index is -0.539. The molecule has 0 saturated heterocycles.